The highest BCUT2D eigenvalue weighted by Crippen LogP contribution is 2.34. The van der Waals surface area contributed by atoms with Gasteiger partial charge in [-0.15, -0.1) is 0 Å². The first-order chi connectivity index (χ1) is 11.2. The van der Waals surface area contributed by atoms with Crippen molar-refractivity contribution in [1.82, 2.24) is 15.1 Å². The molecule has 1 saturated carbocycles. The summed E-state index contributed by atoms with van der Waals surface area (Å²) in [5.41, 5.74) is -0.464. The van der Waals surface area contributed by atoms with E-state index in [1.807, 2.05) is 20.8 Å². The molecule has 0 spiro atoms. The first kappa shape index (κ1) is 17.4. The van der Waals surface area contributed by atoms with Gasteiger partial charge in [-0.05, 0) is 58.8 Å². The Morgan fingerprint density at radius 2 is 1.83 bits per heavy atom. The number of hydrogen-bond donors (Lipinski definition) is 1. The lowest BCUT2D eigenvalue weighted by Crippen LogP contribution is -2.52. The van der Waals surface area contributed by atoms with Gasteiger partial charge in [0.15, 0.2) is 0 Å². The highest BCUT2D eigenvalue weighted by molar-refractivity contribution is 5.78. The van der Waals surface area contributed by atoms with E-state index in [1.54, 1.807) is 4.90 Å². The number of rotatable bonds is 1. The minimum atomic E-state index is -0.464. The lowest BCUT2D eigenvalue weighted by molar-refractivity contribution is 0.0147. The molecule has 0 radical (unpaired) electrons. The van der Waals surface area contributed by atoms with Gasteiger partial charge >= 0.3 is 12.1 Å². The fourth-order valence-electron chi connectivity index (χ4n) is 4.30. The molecule has 3 fully saturated rings. The molecule has 6 nitrogen and oxygen atoms in total. The van der Waals surface area contributed by atoms with Crippen molar-refractivity contribution in [1.29, 1.82) is 0 Å². The summed E-state index contributed by atoms with van der Waals surface area (Å²) in [5.74, 6) is 0.684. The quantitative estimate of drug-likeness (QED) is 0.800. The summed E-state index contributed by atoms with van der Waals surface area (Å²) >= 11 is 0. The number of urea groups is 1. The maximum atomic E-state index is 12.5. The number of amides is 3. The van der Waals surface area contributed by atoms with E-state index >= 15 is 0 Å². The normalized spacial score (nSPS) is 31.7. The number of hydrogen-bond acceptors (Lipinski definition) is 3. The highest BCUT2D eigenvalue weighted by atomic mass is 16.6. The van der Waals surface area contributed by atoms with Crippen molar-refractivity contribution in [3.05, 3.63) is 0 Å². The third-order valence-electron chi connectivity index (χ3n) is 5.49. The smallest absolute Gasteiger partial charge is 0.410 e. The van der Waals surface area contributed by atoms with Crippen LogP contribution in [0.15, 0.2) is 0 Å². The standard InChI is InChI=1S/C18H31N3O3/c1-12-5-6-14-15(11-12)21(16(22)19-14)13-7-9-20(10-8-13)17(23)24-18(2,3)4/h12-15H,5-11H2,1-4H3,(H,19,22). The Hall–Kier alpha value is -1.46. The van der Waals surface area contributed by atoms with Gasteiger partial charge in [0.1, 0.15) is 5.60 Å². The summed E-state index contributed by atoms with van der Waals surface area (Å²) in [4.78, 5) is 28.5. The molecular weight excluding hydrogens is 306 g/mol. The van der Waals surface area contributed by atoms with Gasteiger partial charge in [-0.1, -0.05) is 6.92 Å². The van der Waals surface area contributed by atoms with E-state index in [4.69, 9.17) is 4.74 Å². The number of carbonyl (C=O) groups excluding carboxylic acids is 2. The minimum Gasteiger partial charge on any atom is -0.444 e. The number of fused-ring (bicyclic) bond motifs is 1. The Labute approximate surface area is 144 Å². The molecule has 3 rings (SSSR count). The monoisotopic (exact) mass is 337 g/mol. The van der Waals surface area contributed by atoms with Crippen molar-refractivity contribution in [3.8, 4) is 0 Å². The molecule has 3 aliphatic rings. The van der Waals surface area contributed by atoms with Crippen molar-refractivity contribution < 1.29 is 14.3 Å². The second-order valence-electron chi connectivity index (χ2n) is 8.65. The van der Waals surface area contributed by atoms with E-state index in [2.05, 4.69) is 17.1 Å². The van der Waals surface area contributed by atoms with Gasteiger partial charge in [-0.2, -0.15) is 0 Å². The Morgan fingerprint density at radius 3 is 2.46 bits per heavy atom. The number of likely N-dealkylation sites (tertiary alicyclic amines) is 1. The predicted octanol–water partition coefficient (Wildman–Crippen LogP) is 2.97. The van der Waals surface area contributed by atoms with E-state index < -0.39 is 5.60 Å². The van der Waals surface area contributed by atoms with Crippen LogP contribution in [0.5, 0.6) is 0 Å². The molecule has 136 valence electrons. The van der Waals surface area contributed by atoms with Gasteiger partial charge < -0.3 is 19.9 Å². The largest absolute Gasteiger partial charge is 0.444 e. The molecule has 0 aromatic heterocycles. The number of piperidine rings is 1. The fourth-order valence-corrected chi connectivity index (χ4v) is 4.30. The molecule has 0 aromatic carbocycles. The molecule has 3 atom stereocenters. The molecule has 6 heteroatoms. The summed E-state index contributed by atoms with van der Waals surface area (Å²) in [7, 11) is 0. The third-order valence-corrected chi connectivity index (χ3v) is 5.49. The second-order valence-corrected chi connectivity index (χ2v) is 8.65. The molecular formula is C18H31N3O3. The van der Waals surface area contributed by atoms with Gasteiger partial charge in [0.25, 0.3) is 0 Å². The molecule has 1 N–H and O–H groups in total. The molecule has 0 bridgehead atoms. The molecule has 3 unspecified atom stereocenters. The lowest BCUT2D eigenvalue weighted by Gasteiger charge is -2.41. The van der Waals surface area contributed by atoms with Crippen LogP contribution >= 0.6 is 0 Å². The van der Waals surface area contributed by atoms with Crippen molar-refractivity contribution in [2.75, 3.05) is 13.1 Å². The van der Waals surface area contributed by atoms with Crippen molar-refractivity contribution >= 4 is 12.1 Å². The van der Waals surface area contributed by atoms with Crippen molar-refractivity contribution in [3.63, 3.8) is 0 Å². The van der Waals surface area contributed by atoms with Crippen LogP contribution in [-0.4, -0.2) is 58.7 Å². The molecule has 2 aliphatic heterocycles. The first-order valence-corrected chi connectivity index (χ1v) is 9.31. The molecule has 2 saturated heterocycles. The third kappa shape index (κ3) is 3.62. The number of carbonyl (C=O) groups is 2. The summed E-state index contributed by atoms with van der Waals surface area (Å²) in [6.07, 6.45) is 4.82. The van der Waals surface area contributed by atoms with Crippen LogP contribution < -0.4 is 5.32 Å². The maximum absolute atomic E-state index is 12.5. The minimum absolute atomic E-state index is 0.0924. The Bertz CT molecular complexity index is 494. The van der Waals surface area contributed by atoms with E-state index in [1.165, 1.54) is 6.42 Å². The number of nitrogens with one attached hydrogen (secondary N) is 1. The molecule has 0 aromatic rings. The van der Waals surface area contributed by atoms with E-state index in [0.29, 0.717) is 31.1 Å². The number of ether oxygens (including phenoxy) is 1. The molecule has 1 aliphatic carbocycles. The highest BCUT2D eigenvalue weighted by Gasteiger charge is 2.45. The summed E-state index contributed by atoms with van der Waals surface area (Å²) in [6, 6.07) is 0.982. The van der Waals surface area contributed by atoms with Gasteiger partial charge in [-0.3, -0.25) is 0 Å². The fraction of sp³-hybridized carbons (Fsp3) is 0.889. The molecule has 3 amide bonds. The number of nitrogens with zero attached hydrogens (tertiary/aromatic N) is 2. The second kappa shape index (κ2) is 6.45. The first-order valence-electron chi connectivity index (χ1n) is 9.31. The maximum Gasteiger partial charge on any atom is 0.410 e. The molecule has 24 heavy (non-hydrogen) atoms. The van der Waals surface area contributed by atoms with Crippen LogP contribution in [0.3, 0.4) is 0 Å². The average Bonchev–Trinajstić information content (AvgIpc) is 2.81. The topological polar surface area (TPSA) is 61.9 Å². The van der Waals surface area contributed by atoms with Crippen LogP contribution in [0, 0.1) is 5.92 Å². The zero-order valence-electron chi connectivity index (χ0n) is 15.4. The lowest BCUT2D eigenvalue weighted by atomic mass is 9.83. The van der Waals surface area contributed by atoms with Gasteiger partial charge in [0.05, 0.1) is 12.1 Å². The van der Waals surface area contributed by atoms with Crippen LogP contribution in [-0.2, 0) is 4.74 Å². The predicted molar refractivity (Wildman–Crippen MR) is 91.8 cm³/mol. The Morgan fingerprint density at radius 1 is 1.17 bits per heavy atom. The van der Waals surface area contributed by atoms with Crippen LogP contribution in [0.1, 0.15) is 59.8 Å². The zero-order valence-corrected chi connectivity index (χ0v) is 15.4. The summed E-state index contributed by atoms with van der Waals surface area (Å²) in [5, 5.41) is 3.17. The SMILES string of the molecule is CC1CCC2NC(=O)N(C3CCN(C(=O)OC(C)(C)C)CC3)C2C1. The van der Waals surface area contributed by atoms with E-state index in [-0.39, 0.29) is 18.2 Å². The van der Waals surface area contributed by atoms with Crippen LogP contribution in [0.25, 0.3) is 0 Å². The van der Waals surface area contributed by atoms with Crippen LogP contribution in [0.2, 0.25) is 0 Å². The van der Waals surface area contributed by atoms with Crippen molar-refractivity contribution in [2.24, 2.45) is 5.92 Å². The van der Waals surface area contributed by atoms with Crippen molar-refractivity contribution in [2.45, 2.75) is 83.5 Å². The average molecular weight is 337 g/mol. The van der Waals surface area contributed by atoms with E-state index in [9.17, 15) is 9.59 Å². The van der Waals surface area contributed by atoms with E-state index in [0.717, 1.165) is 25.7 Å². The zero-order chi connectivity index (χ0) is 17.5. The van der Waals surface area contributed by atoms with Gasteiger partial charge in [0.2, 0.25) is 0 Å². The van der Waals surface area contributed by atoms with Gasteiger partial charge in [-0.25, -0.2) is 9.59 Å². The Kier molecular flexibility index (Phi) is 4.67. The summed E-state index contributed by atoms with van der Waals surface area (Å²) < 4.78 is 5.45. The Balaban J connectivity index is 1.58. The van der Waals surface area contributed by atoms with Crippen LogP contribution in [0.4, 0.5) is 9.59 Å². The summed E-state index contributed by atoms with van der Waals surface area (Å²) in [6.45, 7) is 9.26. The van der Waals surface area contributed by atoms with Gasteiger partial charge in [0, 0.05) is 19.1 Å². The molecule has 2 heterocycles.